The summed E-state index contributed by atoms with van der Waals surface area (Å²) < 4.78 is 6.36. The van der Waals surface area contributed by atoms with Gasteiger partial charge in [-0.3, -0.25) is 4.79 Å². The molecule has 1 saturated heterocycles. The summed E-state index contributed by atoms with van der Waals surface area (Å²) in [5.41, 5.74) is 0.146. The van der Waals surface area contributed by atoms with Crippen molar-refractivity contribution in [1.82, 2.24) is 9.80 Å². The third-order valence-corrected chi connectivity index (χ3v) is 4.16. The quantitative estimate of drug-likeness (QED) is 0.746. The molecule has 0 spiro atoms. The first-order chi connectivity index (χ1) is 10.7. The van der Waals surface area contributed by atoms with Crippen LogP contribution in [0.5, 0.6) is 0 Å². The smallest absolute Gasteiger partial charge is 0.410 e. The minimum Gasteiger partial charge on any atom is -0.444 e. The van der Waals surface area contributed by atoms with E-state index >= 15 is 0 Å². The molecule has 1 aromatic rings. The summed E-state index contributed by atoms with van der Waals surface area (Å²) in [4.78, 5) is 28.2. The van der Waals surface area contributed by atoms with Crippen LogP contribution in [0, 0.1) is 0 Å². The molecular formula is C17H23BrN2O3. The van der Waals surface area contributed by atoms with E-state index in [4.69, 9.17) is 4.74 Å². The number of hydrogen-bond acceptors (Lipinski definition) is 3. The maximum absolute atomic E-state index is 12.5. The second-order valence-corrected chi connectivity index (χ2v) is 7.70. The van der Waals surface area contributed by atoms with Gasteiger partial charge in [-0.1, -0.05) is 15.9 Å². The van der Waals surface area contributed by atoms with Crippen LogP contribution in [0.25, 0.3) is 0 Å². The summed E-state index contributed by atoms with van der Waals surface area (Å²) in [6.45, 7) is 8.99. The fourth-order valence-electron chi connectivity index (χ4n) is 2.51. The van der Waals surface area contributed by atoms with E-state index in [0.29, 0.717) is 25.2 Å². The number of nitrogens with zero attached hydrogens (tertiary/aromatic N) is 2. The molecular weight excluding hydrogens is 360 g/mol. The largest absolute Gasteiger partial charge is 0.444 e. The summed E-state index contributed by atoms with van der Waals surface area (Å²) in [6, 6.07) is 7.24. The molecule has 0 radical (unpaired) electrons. The molecule has 0 aromatic heterocycles. The summed E-state index contributed by atoms with van der Waals surface area (Å²) in [5.74, 6) is -0.00631. The van der Waals surface area contributed by atoms with E-state index in [9.17, 15) is 9.59 Å². The molecule has 1 aliphatic rings. The van der Waals surface area contributed by atoms with Crippen molar-refractivity contribution in [2.75, 3.05) is 19.6 Å². The van der Waals surface area contributed by atoms with Gasteiger partial charge in [0, 0.05) is 35.7 Å². The monoisotopic (exact) mass is 382 g/mol. The third kappa shape index (κ3) is 4.70. The lowest BCUT2D eigenvalue weighted by molar-refractivity contribution is 0.00198. The molecule has 1 aromatic carbocycles. The molecule has 2 rings (SSSR count). The number of carbonyl (C=O) groups is 2. The van der Waals surface area contributed by atoms with Crippen LogP contribution in [0.1, 0.15) is 38.1 Å². The Labute approximate surface area is 145 Å². The highest BCUT2D eigenvalue weighted by molar-refractivity contribution is 9.10. The Morgan fingerprint density at radius 2 is 1.78 bits per heavy atom. The number of rotatable bonds is 1. The van der Waals surface area contributed by atoms with E-state index in [0.717, 1.165) is 4.47 Å². The highest BCUT2D eigenvalue weighted by atomic mass is 79.9. The molecule has 0 saturated carbocycles. The van der Waals surface area contributed by atoms with Gasteiger partial charge < -0.3 is 14.5 Å². The van der Waals surface area contributed by atoms with Crippen molar-refractivity contribution in [3.63, 3.8) is 0 Å². The summed E-state index contributed by atoms with van der Waals surface area (Å²) in [7, 11) is 0. The number of benzene rings is 1. The van der Waals surface area contributed by atoms with Gasteiger partial charge in [0.15, 0.2) is 0 Å². The summed E-state index contributed by atoms with van der Waals surface area (Å²) in [6.07, 6.45) is -0.319. The lowest BCUT2D eigenvalue weighted by Crippen LogP contribution is -2.56. The van der Waals surface area contributed by atoms with Crippen LogP contribution < -0.4 is 0 Å². The molecule has 0 bridgehead atoms. The van der Waals surface area contributed by atoms with Gasteiger partial charge in [0.2, 0.25) is 0 Å². The minimum atomic E-state index is -0.513. The number of hydrogen-bond donors (Lipinski definition) is 0. The average molecular weight is 383 g/mol. The van der Waals surface area contributed by atoms with Gasteiger partial charge in [-0.2, -0.15) is 0 Å². The molecule has 1 atom stereocenters. The van der Waals surface area contributed by atoms with Crippen LogP contribution in [0.15, 0.2) is 28.7 Å². The Hall–Kier alpha value is -1.56. The van der Waals surface area contributed by atoms with Crippen LogP contribution in [-0.4, -0.2) is 53.1 Å². The molecule has 0 aliphatic carbocycles. The first-order valence-corrected chi connectivity index (χ1v) is 8.51. The van der Waals surface area contributed by atoms with E-state index in [-0.39, 0.29) is 18.0 Å². The Morgan fingerprint density at radius 1 is 1.17 bits per heavy atom. The number of ether oxygens (including phenoxy) is 1. The maximum atomic E-state index is 12.5. The zero-order valence-corrected chi connectivity index (χ0v) is 15.6. The van der Waals surface area contributed by atoms with Crippen LogP contribution in [0.3, 0.4) is 0 Å². The second-order valence-electron chi connectivity index (χ2n) is 6.78. The molecule has 1 aliphatic heterocycles. The Morgan fingerprint density at radius 3 is 2.30 bits per heavy atom. The Kier molecular flexibility index (Phi) is 5.34. The molecule has 6 heteroatoms. The van der Waals surface area contributed by atoms with E-state index in [1.165, 1.54) is 0 Å². The van der Waals surface area contributed by atoms with Gasteiger partial charge in [-0.25, -0.2) is 4.79 Å². The number of piperazine rings is 1. The molecule has 2 amide bonds. The van der Waals surface area contributed by atoms with Crippen LogP contribution in [-0.2, 0) is 4.74 Å². The van der Waals surface area contributed by atoms with Crippen LogP contribution in [0.4, 0.5) is 4.79 Å². The van der Waals surface area contributed by atoms with Crippen molar-refractivity contribution in [2.24, 2.45) is 0 Å². The fraction of sp³-hybridized carbons (Fsp3) is 0.529. The molecule has 23 heavy (non-hydrogen) atoms. The lowest BCUT2D eigenvalue weighted by Gasteiger charge is -2.40. The summed E-state index contributed by atoms with van der Waals surface area (Å²) in [5, 5.41) is 0. The zero-order chi connectivity index (χ0) is 17.2. The van der Waals surface area contributed by atoms with E-state index < -0.39 is 5.60 Å². The van der Waals surface area contributed by atoms with Crippen LogP contribution >= 0.6 is 15.9 Å². The van der Waals surface area contributed by atoms with Crippen molar-refractivity contribution in [3.05, 3.63) is 34.3 Å². The fourth-order valence-corrected chi connectivity index (χ4v) is 2.77. The summed E-state index contributed by atoms with van der Waals surface area (Å²) >= 11 is 3.36. The van der Waals surface area contributed by atoms with Crippen molar-refractivity contribution in [2.45, 2.75) is 39.3 Å². The SMILES string of the molecule is CC1CN(C(=O)c2ccc(Br)cc2)CCN1C(=O)OC(C)(C)C. The standard InChI is InChI=1S/C17H23BrN2O3/c1-12-11-19(15(21)13-5-7-14(18)8-6-13)9-10-20(12)16(22)23-17(2,3)4/h5-8,12H,9-11H2,1-4H3. The van der Waals surface area contributed by atoms with Gasteiger partial charge in [-0.15, -0.1) is 0 Å². The first-order valence-electron chi connectivity index (χ1n) is 7.72. The predicted molar refractivity (Wildman–Crippen MR) is 92.4 cm³/mol. The minimum absolute atomic E-state index is 0.00631. The Balaban J connectivity index is 1.99. The normalized spacial score (nSPS) is 18.7. The van der Waals surface area contributed by atoms with E-state index in [2.05, 4.69) is 15.9 Å². The molecule has 1 heterocycles. The van der Waals surface area contributed by atoms with Gasteiger partial charge >= 0.3 is 6.09 Å². The topological polar surface area (TPSA) is 49.9 Å². The first kappa shape index (κ1) is 17.8. The number of carbonyl (C=O) groups excluding carboxylic acids is 2. The van der Waals surface area contributed by atoms with Crippen molar-refractivity contribution in [1.29, 1.82) is 0 Å². The zero-order valence-electron chi connectivity index (χ0n) is 14.0. The molecule has 1 fully saturated rings. The number of halogens is 1. The Bertz CT molecular complexity index is 580. The van der Waals surface area contributed by atoms with Crippen molar-refractivity contribution < 1.29 is 14.3 Å². The predicted octanol–water partition coefficient (Wildman–Crippen LogP) is 3.53. The van der Waals surface area contributed by atoms with Crippen molar-refractivity contribution in [3.8, 4) is 0 Å². The van der Waals surface area contributed by atoms with Gasteiger partial charge in [0.05, 0.1) is 0 Å². The van der Waals surface area contributed by atoms with E-state index in [1.807, 2.05) is 39.8 Å². The van der Waals surface area contributed by atoms with Crippen molar-refractivity contribution >= 4 is 27.9 Å². The molecule has 1 unspecified atom stereocenters. The second kappa shape index (κ2) is 6.91. The van der Waals surface area contributed by atoms with E-state index in [1.54, 1.807) is 21.9 Å². The third-order valence-electron chi connectivity index (χ3n) is 3.63. The molecule has 5 nitrogen and oxygen atoms in total. The maximum Gasteiger partial charge on any atom is 0.410 e. The average Bonchev–Trinajstić information content (AvgIpc) is 2.45. The number of amides is 2. The van der Waals surface area contributed by atoms with Gasteiger partial charge in [0.25, 0.3) is 5.91 Å². The highest BCUT2D eigenvalue weighted by Gasteiger charge is 2.32. The molecule has 0 N–H and O–H groups in total. The molecule has 126 valence electrons. The van der Waals surface area contributed by atoms with Crippen LogP contribution in [0.2, 0.25) is 0 Å². The van der Waals surface area contributed by atoms with Gasteiger partial charge in [0.1, 0.15) is 5.60 Å². The van der Waals surface area contributed by atoms with Gasteiger partial charge in [-0.05, 0) is 52.0 Å². The lowest BCUT2D eigenvalue weighted by atomic mass is 10.1. The highest BCUT2D eigenvalue weighted by Crippen LogP contribution is 2.18.